The molecule has 7 heteroatoms. The van der Waals surface area contributed by atoms with E-state index >= 15 is 0 Å². The molecule has 0 aliphatic carbocycles. The van der Waals surface area contributed by atoms with Gasteiger partial charge in [-0.1, -0.05) is 67.0 Å². The molecule has 1 aliphatic heterocycles. The van der Waals surface area contributed by atoms with Gasteiger partial charge in [-0.15, -0.1) is 0 Å². The number of esters is 1. The van der Waals surface area contributed by atoms with E-state index in [0.717, 1.165) is 66.9 Å². The Bertz CT molecular complexity index is 679. The van der Waals surface area contributed by atoms with Gasteiger partial charge in [-0.2, -0.15) is 0 Å². The van der Waals surface area contributed by atoms with E-state index < -0.39 is 5.44 Å². The lowest BCUT2D eigenvalue weighted by atomic mass is 10.1. The standard InChI is InChI=1S/C22H31IO5S/c1-3-9-18(23)22(25)28-13-8-6-4-5-7-12-27-19-15-21(24)29-20-14-16(26-2)10-11-17(19)20/h10-11,14-15,18,21,24H,3-9,12-13H2,1-2H3. The zero-order valence-corrected chi connectivity index (χ0v) is 20.2. The van der Waals surface area contributed by atoms with Crippen LogP contribution in [-0.4, -0.2) is 40.8 Å². The first-order chi connectivity index (χ1) is 14.0. The molecular formula is C22H31IO5S. The number of carbonyl (C=O) groups is 1. The maximum atomic E-state index is 11.7. The minimum absolute atomic E-state index is 0.0213. The van der Waals surface area contributed by atoms with Crippen molar-refractivity contribution in [2.24, 2.45) is 0 Å². The van der Waals surface area contributed by atoms with Crippen LogP contribution in [-0.2, 0) is 14.3 Å². The van der Waals surface area contributed by atoms with Crippen LogP contribution < -0.4 is 4.74 Å². The van der Waals surface area contributed by atoms with Crippen LogP contribution in [0.25, 0.3) is 5.76 Å². The monoisotopic (exact) mass is 534 g/mol. The average Bonchev–Trinajstić information content (AvgIpc) is 2.71. The van der Waals surface area contributed by atoms with Gasteiger partial charge in [-0.05, 0) is 43.5 Å². The molecule has 1 N–H and O–H groups in total. The van der Waals surface area contributed by atoms with Crippen LogP contribution >= 0.6 is 34.4 Å². The average molecular weight is 534 g/mol. The molecule has 5 nitrogen and oxygen atoms in total. The molecule has 1 heterocycles. The van der Waals surface area contributed by atoms with E-state index in [0.29, 0.717) is 13.2 Å². The van der Waals surface area contributed by atoms with Crippen molar-refractivity contribution in [1.82, 2.24) is 0 Å². The molecule has 162 valence electrons. The second kappa shape index (κ2) is 13.4. The maximum absolute atomic E-state index is 11.7. The van der Waals surface area contributed by atoms with Gasteiger partial charge in [0, 0.05) is 10.5 Å². The third-order valence-electron chi connectivity index (χ3n) is 4.58. The predicted molar refractivity (Wildman–Crippen MR) is 126 cm³/mol. The second-order valence-electron chi connectivity index (χ2n) is 6.94. The number of hydrogen-bond acceptors (Lipinski definition) is 6. The molecule has 0 amide bonds. The fourth-order valence-corrected chi connectivity index (χ4v) is 4.73. The first kappa shape index (κ1) is 24.3. The predicted octanol–water partition coefficient (Wildman–Crippen LogP) is 5.57. The van der Waals surface area contributed by atoms with Gasteiger partial charge in [0.05, 0.1) is 20.3 Å². The molecule has 0 aromatic heterocycles. The lowest BCUT2D eigenvalue weighted by molar-refractivity contribution is -0.142. The highest BCUT2D eigenvalue weighted by atomic mass is 127. The SMILES string of the molecule is CCCC(I)C(=O)OCCCCCCCOC1=CC(O)Sc2cc(OC)ccc21. The molecule has 0 spiro atoms. The summed E-state index contributed by atoms with van der Waals surface area (Å²) in [5.41, 5.74) is 0.395. The minimum Gasteiger partial charge on any atom is -0.497 e. The molecule has 1 aromatic carbocycles. The third-order valence-corrected chi connectivity index (χ3v) is 6.68. The quantitative estimate of drug-likeness (QED) is 0.154. The third kappa shape index (κ3) is 8.38. The Morgan fingerprint density at radius 2 is 1.93 bits per heavy atom. The fraction of sp³-hybridized carbons (Fsp3) is 0.591. The van der Waals surface area contributed by atoms with Crippen LogP contribution in [0.4, 0.5) is 0 Å². The number of halogens is 1. The van der Waals surface area contributed by atoms with Gasteiger partial charge in [-0.25, -0.2) is 0 Å². The van der Waals surface area contributed by atoms with E-state index in [2.05, 4.69) is 29.5 Å². The molecule has 1 aliphatic rings. The number of rotatable bonds is 13. The van der Waals surface area contributed by atoms with E-state index in [9.17, 15) is 9.90 Å². The van der Waals surface area contributed by atoms with Crippen LogP contribution in [0.15, 0.2) is 29.2 Å². The lowest BCUT2D eigenvalue weighted by Gasteiger charge is -2.21. The molecule has 2 rings (SSSR count). The number of unbranched alkanes of at least 4 members (excludes halogenated alkanes) is 4. The Hall–Kier alpha value is -0.930. The van der Waals surface area contributed by atoms with Crippen molar-refractivity contribution in [3.05, 3.63) is 29.8 Å². The van der Waals surface area contributed by atoms with Crippen molar-refractivity contribution in [2.75, 3.05) is 20.3 Å². The topological polar surface area (TPSA) is 65.0 Å². The number of benzene rings is 1. The second-order valence-corrected chi connectivity index (χ2v) is 9.60. The summed E-state index contributed by atoms with van der Waals surface area (Å²) in [6.45, 7) is 3.21. The Balaban J connectivity index is 1.60. The number of fused-ring (bicyclic) bond motifs is 1. The van der Waals surface area contributed by atoms with Crippen LogP contribution in [0.1, 0.15) is 57.4 Å². The maximum Gasteiger partial charge on any atom is 0.318 e. The Morgan fingerprint density at radius 3 is 2.66 bits per heavy atom. The van der Waals surface area contributed by atoms with E-state index in [1.165, 1.54) is 11.8 Å². The van der Waals surface area contributed by atoms with Crippen molar-refractivity contribution in [2.45, 2.75) is 66.1 Å². The molecule has 0 saturated carbocycles. The molecule has 0 saturated heterocycles. The zero-order chi connectivity index (χ0) is 21.1. The highest BCUT2D eigenvalue weighted by molar-refractivity contribution is 14.1. The van der Waals surface area contributed by atoms with E-state index in [-0.39, 0.29) is 9.89 Å². The van der Waals surface area contributed by atoms with Gasteiger partial charge in [0.2, 0.25) is 0 Å². The number of thioether (sulfide) groups is 1. The molecule has 2 unspecified atom stereocenters. The van der Waals surface area contributed by atoms with E-state index in [1.54, 1.807) is 13.2 Å². The Morgan fingerprint density at radius 1 is 1.21 bits per heavy atom. The van der Waals surface area contributed by atoms with Gasteiger partial charge in [-0.3, -0.25) is 4.79 Å². The van der Waals surface area contributed by atoms with Crippen molar-refractivity contribution < 1.29 is 24.1 Å². The van der Waals surface area contributed by atoms with Crippen LogP contribution in [0, 0.1) is 0 Å². The van der Waals surface area contributed by atoms with Crippen LogP contribution in [0.5, 0.6) is 5.75 Å². The largest absolute Gasteiger partial charge is 0.497 e. The molecule has 2 atom stereocenters. The lowest BCUT2D eigenvalue weighted by Crippen LogP contribution is -2.17. The van der Waals surface area contributed by atoms with Crippen molar-refractivity contribution in [3.8, 4) is 5.75 Å². The summed E-state index contributed by atoms with van der Waals surface area (Å²) in [6, 6.07) is 5.81. The minimum atomic E-state index is -0.605. The summed E-state index contributed by atoms with van der Waals surface area (Å²) < 4.78 is 16.5. The summed E-state index contributed by atoms with van der Waals surface area (Å²) in [6.07, 6.45) is 8.71. The van der Waals surface area contributed by atoms with Gasteiger partial charge in [0.25, 0.3) is 0 Å². The van der Waals surface area contributed by atoms with Gasteiger partial charge >= 0.3 is 5.97 Å². The highest BCUT2D eigenvalue weighted by Crippen LogP contribution is 2.39. The first-order valence-corrected chi connectivity index (χ1v) is 12.4. The summed E-state index contributed by atoms with van der Waals surface area (Å²) in [4.78, 5) is 12.7. The van der Waals surface area contributed by atoms with Gasteiger partial charge in [0.1, 0.15) is 20.9 Å². The number of alkyl halides is 1. The van der Waals surface area contributed by atoms with Crippen molar-refractivity contribution in [3.63, 3.8) is 0 Å². The van der Waals surface area contributed by atoms with Crippen molar-refractivity contribution in [1.29, 1.82) is 0 Å². The van der Waals surface area contributed by atoms with Gasteiger partial charge in [0.15, 0.2) is 0 Å². The zero-order valence-electron chi connectivity index (χ0n) is 17.2. The van der Waals surface area contributed by atoms with Crippen molar-refractivity contribution >= 4 is 46.1 Å². The number of aliphatic hydroxyl groups excluding tert-OH is 1. The van der Waals surface area contributed by atoms with Crippen LogP contribution in [0.3, 0.4) is 0 Å². The number of carbonyl (C=O) groups excluding carboxylic acids is 1. The van der Waals surface area contributed by atoms with E-state index in [1.807, 2.05) is 18.2 Å². The summed E-state index contributed by atoms with van der Waals surface area (Å²) in [5, 5.41) is 10.0. The van der Waals surface area contributed by atoms with Crippen LogP contribution in [0.2, 0.25) is 0 Å². The molecular weight excluding hydrogens is 503 g/mol. The normalized spacial score (nSPS) is 16.6. The Labute approximate surface area is 191 Å². The first-order valence-electron chi connectivity index (χ1n) is 10.2. The number of hydrogen-bond donors (Lipinski definition) is 1. The number of methoxy groups -OCH3 is 1. The summed E-state index contributed by atoms with van der Waals surface area (Å²) in [7, 11) is 1.63. The molecule has 29 heavy (non-hydrogen) atoms. The summed E-state index contributed by atoms with van der Waals surface area (Å²) in [5.74, 6) is 1.43. The number of aliphatic hydroxyl groups is 1. The molecule has 0 fully saturated rings. The molecule has 0 radical (unpaired) electrons. The smallest absolute Gasteiger partial charge is 0.318 e. The van der Waals surface area contributed by atoms with Gasteiger partial charge < -0.3 is 19.3 Å². The fourth-order valence-electron chi connectivity index (χ4n) is 2.99. The molecule has 0 bridgehead atoms. The highest BCUT2D eigenvalue weighted by Gasteiger charge is 2.20. The number of ether oxygens (including phenoxy) is 3. The van der Waals surface area contributed by atoms with E-state index in [4.69, 9.17) is 14.2 Å². The summed E-state index contributed by atoms with van der Waals surface area (Å²) >= 11 is 3.55. The Kier molecular flexibility index (Phi) is 11.2. The molecule has 1 aromatic rings.